The van der Waals surface area contributed by atoms with Crippen LogP contribution in [0.5, 0.6) is 11.5 Å². The van der Waals surface area contributed by atoms with E-state index < -0.39 is 0 Å². The summed E-state index contributed by atoms with van der Waals surface area (Å²) in [5.41, 5.74) is 0.692. The Morgan fingerprint density at radius 2 is 1.94 bits per heavy atom. The number of hydrogen-bond donors (Lipinski definition) is 1. The number of halogens is 2. The summed E-state index contributed by atoms with van der Waals surface area (Å²) in [6.45, 7) is 0.209. The monoisotopic (exact) mass is 333 g/mol. The number of hydrogen-bond acceptors (Lipinski definition) is 3. The van der Waals surface area contributed by atoms with Crippen molar-refractivity contribution in [2.24, 2.45) is 0 Å². The molecule has 0 saturated carbocycles. The normalized spacial score (nSPS) is 11.1. The van der Waals surface area contributed by atoms with Gasteiger partial charge < -0.3 is 19.9 Å². The second kappa shape index (κ2) is 8.15. The topological polar surface area (TPSA) is 52.8 Å². The summed E-state index contributed by atoms with van der Waals surface area (Å²) in [5.74, 6) is 1.22. The van der Waals surface area contributed by atoms with Gasteiger partial charge in [0.25, 0.3) is 0 Å². The first-order valence-electron chi connectivity index (χ1n) is 4.06. The zero-order valence-electron chi connectivity index (χ0n) is 9.25. The molecule has 7 heteroatoms. The molecule has 84 valence electrons. The minimum atomic E-state index is 0. The first-order chi connectivity index (χ1) is 7.24. The number of rotatable bonds is 1. The van der Waals surface area contributed by atoms with E-state index in [4.69, 9.17) is 26.2 Å². The van der Waals surface area contributed by atoms with Gasteiger partial charge in [0.1, 0.15) is 0 Å². The Hall–Kier alpha value is 0.986. The van der Waals surface area contributed by atoms with Gasteiger partial charge in [-0.15, -0.1) is 12.7 Å². The molecular formula is C9H10BrClKNO3. The largest absolute Gasteiger partial charge is 1.00 e. The molecule has 1 aliphatic rings. The number of aliphatic hydroxyl groups is 1. The summed E-state index contributed by atoms with van der Waals surface area (Å²) >= 11 is 9.36. The van der Waals surface area contributed by atoms with Gasteiger partial charge in [-0.05, 0) is 15.9 Å². The van der Waals surface area contributed by atoms with Gasteiger partial charge in [-0.25, -0.2) is 0 Å². The Labute approximate surface area is 150 Å². The first kappa shape index (κ1) is 17.0. The molecule has 1 aromatic carbocycles. The van der Waals surface area contributed by atoms with E-state index in [1.165, 1.54) is 0 Å². The molecule has 0 fully saturated rings. The van der Waals surface area contributed by atoms with Crippen LogP contribution in [-0.4, -0.2) is 26.1 Å². The first-order valence-corrected chi connectivity index (χ1v) is 5.23. The van der Waals surface area contributed by atoms with Gasteiger partial charge in [-0.3, -0.25) is 0 Å². The molecule has 1 N–H and O–H groups in total. The van der Waals surface area contributed by atoms with E-state index in [-0.39, 0.29) is 58.2 Å². The van der Waals surface area contributed by atoms with Gasteiger partial charge in [0.05, 0.1) is 9.50 Å². The Balaban J connectivity index is 0.000000711. The van der Waals surface area contributed by atoms with Gasteiger partial charge in [-0.2, -0.15) is 0 Å². The van der Waals surface area contributed by atoms with Crippen LogP contribution in [0.3, 0.4) is 0 Å². The summed E-state index contributed by atoms with van der Waals surface area (Å²) < 4.78 is 11.2. The van der Waals surface area contributed by atoms with Crippen LogP contribution in [0.1, 0.15) is 0 Å². The predicted molar refractivity (Wildman–Crippen MR) is 62.4 cm³/mol. The molecule has 0 bridgehead atoms. The van der Waals surface area contributed by atoms with Crippen molar-refractivity contribution < 1.29 is 66.0 Å². The zero-order chi connectivity index (χ0) is 11.4. The zero-order valence-corrected chi connectivity index (χ0v) is 14.7. The van der Waals surface area contributed by atoms with E-state index in [2.05, 4.69) is 21.2 Å². The smallest absolute Gasteiger partial charge is 0.686 e. The summed E-state index contributed by atoms with van der Waals surface area (Å²) in [6.07, 6.45) is 0. The summed E-state index contributed by atoms with van der Waals surface area (Å²) in [7, 11) is 2.68. The molecule has 1 aliphatic heterocycles. The van der Waals surface area contributed by atoms with Gasteiger partial charge >= 0.3 is 51.4 Å². The molecule has 0 spiro atoms. The third-order valence-corrected chi connectivity index (χ3v) is 2.71. The van der Waals surface area contributed by atoms with Crippen LogP contribution < -0.4 is 60.9 Å². The van der Waals surface area contributed by atoms with Gasteiger partial charge in [0.15, 0.2) is 11.5 Å². The fraction of sp³-hybridized carbons (Fsp3) is 0.333. The summed E-state index contributed by atoms with van der Waals surface area (Å²) in [6, 6.07) is 1.80. The van der Waals surface area contributed by atoms with E-state index in [1.807, 2.05) is 0 Å². The maximum atomic E-state index is 7.00. The van der Waals surface area contributed by atoms with Crippen molar-refractivity contribution in [2.45, 2.75) is 0 Å². The van der Waals surface area contributed by atoms with Crippen LogP contribution in [0.4, 0.5) is 5.69 Å². The van der Waals surface area contributed by atoms with Crippen molar-refractivity contribution in [2.75, 3.05) is 21.0 Å². The van der Waals surface area contributed by atoms with Crippen LogP contribution in [0.25, 0.3) is 5.32 Å². The van der Waals surface area contributed by atoms with E-state index in [1.54, 1.807) is 13.1 Å². The molecule has 0 aromatic heterocycles. The van der Waals surface area contributed by atoms with Crippen molar-refractivity contribution in [3.63, 3.8) is 0 Å². The molecule has 0 aliphatic carbocycles. The molecule has 2 rings (SSSR count). The Kier molecular flexibility index (Phi) is 8.65. The van der Waals surface area contributed by atoms with Crippen molar-refractivity contribution in [1.82, 2.24) is 0 Å². The quantitative estimate of drug-likeness (QED) is 0.740. The van der Waals surface area contributed by atoms with Gasteiger partial charge in [-0.1, -0.05) is 17.7 Å². The SMILES string of the molecule is CO.C[N-]c1cc(Br)c2c(c1Cl)OCO2.[K+]. The molecule has 1 heterocycles. The average Bonchev–Trinajstić information content (AvgIpc) is 2.76. The Morgan fingerprint density at radius 3 is 2.50 bits per heavy atom. The molecule has 1 aromatic rings. The van der Waals surface area contributed by atoms with E-state index >= 15 is 0 Å². The molecule has 0 saturated heterocycles. The molecule has 0 radical (unpaired) electrons. The molecule has 0 atom stereocenters. The number of aliphatic hydroxyl groups excluding tert-OH is 1. The van der Waals surface area contributed by atoms with Crippen LogP contribution in [0.15, 0.2) is 10.5 Å². The maximum Gasteiger partial charge on any atom is 1.00 e. The fourth-order valence-corrected chi connectivity index (χ4v) is 1.94. The summed E-state index contributed by atoms with van der Waals surface area (Å²) in [4.78, 5) is 0. The second-order valence-electron chi connectivity index (χ2n) is 2.48. The third kappa shape index (κ3) is 3.49. The number of ether oxygens (including phenoxy) is 2. The number of nitrogens with zero attached hydrogens (tertiary/aromatic N) is 1. The van der Waals surface area contributed by atoms with Crippen LogP contribution in [-0.2, 0) is 0 Å². The molecule has 0 amide bonds. The fourth-order valence-electron chi connectivity index (χ4n) is 1.15. The standard InChI is InChI=1S/C8H6BrClNO2.CH4O.K/c1-11-5-2-4(9)7-8(6(5)10)13-3-12-7;1-2;/h2H,3H2,1H3;2H,1H3;/q-1;;+1. The van der Waals surface area contributed by atoms with Crippen molar-refractivity contribution in [3.05, 3.63) is 20.9 Å². The van der Waals surface area contributed by atoms with Crippen molar-refractivity contribution in [1.29, 1.82) is 0 Å². The van der Waals surface area contributed by atoms with Crippen LogP contribution in [0.2, 0.25) is 5.02 Å². The minimum Gasteiger partial charge on any atom is -0.686 e. The van der Waals surface area contributed by atoms with Crippen molar-refractivity contribution in [3.8, 4) is 11.5 Å². The third-order valence-electron chi connectivity index (χ3n) is 1.76. The molecule has 16 heavy (non-hydrogen) atoms. The number of benzene rings is 1. The minimum absolute atomic E-state index is 0. The van der Waals surface area contributed by atoms with Gasteiger partial charge in [0, 0.05) is 7.11 Å². The molecular weight excluding hydrogens is 325 g/mol. The molecule has 4 nitrogen and oxygen atoms in total. The predicted octanol–water partition coefficient (Wildman–Crippen LogP) is 0.0787. The van der Waals surface area contributed by atoms with Gasteiger partial charge in [0.2, 0.25) is 6.79 Å². The average molecular weight is 335 g/mol. The Bertz CT molecular complexity index is 365. The summed E-state index contributed by atoms with van der Waals surface area (Å²) in [5, 5.41) is 11.5. The van der Waals surface area contributed by atoms with E-state index in [0.29, 0.717) is 22.2 Å². The molecule has 0 unspecified atom stereocenters. The second-order valence-corrected chi connectivity index (χ2v) is 3.71. The van der Waals surface area contributed by atoms with E-state index in [9.17, 15) is 0 Å². The Morgan fingerprint density at radius 1 is 1.38 bits per heavy atom. The van der Waals surface area contributed by atoms with Crippen molar-refractivity contribution >= 4 is 33.2 Å². The number of fused-ring (bicyclic) bond motifs is 1. The van der Waals surface area contributed by atoms with Crippen LogP contribution >= 0.6 is 27.5 Å². The maximum absolute atomic E-state index is 7.00. The van der Waals surface area contributed by atoms with E-state index in [0.717, 1.165) is 11.6 Å². The van der Waals surface area contributed by atoms with Crippen LogP contribution in [0, 0.1) is 0 Å².